The summed E-state index contributed by atoms with van der Waals surface area (Å²) in [5.74, 6) is 2.03. The van der Waals surface area contributed by atoms with Gasteiger partial charge in [-0.15, -0.1) is 11.3 Å². The number of nitrogens with zero attached hydrogens (tertiary/aromatic N) is 3. The normalized spacial score (nSPS) is 23.0. The van der Waals surface area contributed by atoms with Crippen LogP contribution in [0.1, 0.15) is 36.6 Å². The summed E-state index contributed by atoms with van der Waals surface area (Å²) < 4.78 is 0. The Morgan fingerprint density at radius 1 is 1.26 bits per heavy atom. The number of rotatable bonds is 1. The topological polar surface area (TPSA) is 29.0 Å². The van der Waals surface area contributed by atoms with Gasteiger partial charge in [-0.2, -0.15) is 0 Å². The molecule has 2 aliphatic rings. The van der Waals surface area contributed by atoms with E-state index in [9.17, 15) is 0 Å². The third-order valence-corrected chi connectivity index (χ3v) is 5.64. The molecule has 1 fully saturated rings. The molecule has 0 radical (unpaired) electrons. The molecule has 1 aliphatic heterocycles. The Balaban J connectivity index is 1.89. The zero-order valence-electron chi connectivity index (χ0n) is 11.4. The molecule has 4 rings (SSSR count). The van der Waals surface area contributed by atoms with Crippen molar-refractivity contribution in [3.63, 3.8) is 0 Å². The lowest BCUT2D eigenvalue weighted by Crippen LogP contribution is -2.19. The zero-order valence-corrected chi connectivity index (χ0v) is 12.2. The largest absolute Gasteiger partial charge is 0.356 e. The fraction of sp³-hybridized carbons (Fsp3) is 0.600. The van der Waals surface area contributed by atoms with Crippen LogP contribution in [0.5, 0.6) is 0 Å². The van der Waals surface area contributed by atoms with Gasteiger partial charge < -0.3 is 4.90 Å². The summed E-state index contributed by atoms with van der Waals surface area (Å²) in [4.78, 5) is 14.4. The molecule has 2 aromatic rings. The van der Waals surface area contributed by atoms with E-state index in [-0.39, 0.29) is 0 Å². The molecule has 4 heteroatoms. The summed E-state index contributed by atoms with van der Waals surface area (Å²) in [5, 5.41) is 1.37. The maximum Gasteiger partial charge on any atom is 0.141 e. The van der Waals surface area contributed by atoms with Gasteiger partial charge in [0.15, 0.2) is 0 Å². The minimum atomic E-state index is 0.823. The highest BCUT2D eigenvalue weighted by Gasteiger charge is 2.25. The minimum Gasteiger partial charge on any atom is -0.356 e. The molecule has 0 amide bonds. The molecular formula is C15H19N3S. The predicted octanol–water partition coefficient (Wildman–Crippen LogP) is 3.42. The van der Waals surface area contributed by atoms with Crippen LogP contribution in [0.3, 0.4) is 0 Å². The van der Waals surface area contributed by atoms with Crippen LogP contribution < -0.4 is 4.90 Å². The van der Waals surface area contributed by atoms with Gasteiger partial charge in [0.1, 0.15) is 17.0 Å². The molecule has 100 valence electrons. The SMILES string of the molecule is C[C@@H]1CCc2c(sc3ncnc(N4CCCC4)c23)C1. The van der Waals surface area contributed by atoms with Gasteiger partial charge in [-0.1, -0.05) is 6.92 Å². The summed E-state index contributed by atoms with van der Waals surface area (Å²) in [5.41, 5.74) is 1.56. The number of aryl methyl sites for hydroxylation is 1. The van der Waals surface area contributed by atoms with E-state index in [1.54, 1.807) is 16.8 Å². The van der Waals surface area contributed by atoms with E-state index in [0.717, 1.165) is 19.0 Å². The third kappa shape index (κ3) is 1.84. The number of fused-ring (bicyclic) bond motifs is 3. The third-order valence-electron chi connectivity index (χ3n) is 4.48. The first-order valence-corrected chi connectivity index (χ1v) is 8.15. The van der Waals surface area contributed by atoms with Crippen molar-refractivity contribution in [3.05, 3.63) is 16.8 Å². The molecule has 1 aliphatic carbocycles. The Bertz CT molecular complexity index is 613. The van der Waals surface area contributed by atoms with E-state index in [1.807, 2.05) is 11.3 Å². The molecular weight excluding hydrogens is 254 g/mol. The van der Waals surface area contributed by atoms with Crippen molar-refractivity contribution in [1.29, 1.82) is 0 Å². The molecule has 3 heterocycles. The lowest BCUT2D eigenvalue weighted by Gasteiger charge is -2.20. The average molecular weight is 273 g/mol. The van der Waals surface area contributed by atoms with Gasteiger partial charge in [0.25, 0.3) is 0 Å². The molecule has 0 bridgehead atoms. The number of thiophene rings is 1. The van der Waals surface area contributed by atoms with E-state index >= 15 is 0 Å². The molecule has 0 saturated carbocycles. The predicted molar refractivity (Wildman–Crippen MR) is 80.1 cm³/mol. The number of hydrogen-bond acceptors (Lipinski definition) is 4. The molecule has 3 nitrogen and oxygen atoms in total. The Labute approximate surface area is 117 Å². The summed E-state index contributed by atoms with van der Waals surface area (Å²) in [6.07, 6.45) is 8.11. The molecule has 0 N–H and O–H groups in total. The van der Waals surface area contributed by atoms with Crippen molar-refractivity contribution >= 4 is 27.4 Å². The highest BCUT2D eigenvalue weighted by atomic mass is 32.1. The molecule has 1 saturated heterocycles. The standard InChI is InChI=1S/C15H19N3S/c1-10-4-5-11-12(8-10)19-15-13(11)14(16-9-17-15)18-6-2-3-7-18/h9-10H,2-8H2,1H3/t10-/m1/s1. The summed E-state index contributed by atoms with van der Waals surface area (Å²) in [6.45, 7) is 4.68. The first kappa shape index (κ1) is 11.6. The maximum atomic E-state index is 4.61. The van der Waals surface area contributed by atoms with Crippen LogP contribution in [0.25, 0.3) is 10.2 Å². The minimum absolute atomic E-state index is 0.823. The molecule has 19 heavy (non-hydrogen) atoms. The van der Waals surface area contributed by atoms with Crippen LogP contribution in [-0.2, 0) is 12.8 Å². The van der Waals surface area contributed by atoms with Crippen molar-refractivity contribution < 1.29 is 0 Å². The number of aromatic nitrogens is 2. The fourth-order valence-electron chi connectivity index (χ4n) is 3.43. The zero-order chi connectivity index (χ0) is 12.8. The van der Waals surface area contributed by atoms with Crippen LogP contribution in [-0.4, -0.2) is 23.1 Å². The van der Waals surface area contributed by atoms with E-state index in [1.165, 1.54) is 48.1 Å². The van der Waals surface area contributed by atoms with Crippen LogP contribution >= 0.6 is 11.3 Å². The van der Waals surface area contributed by atoms with Crippen LogP contribution in [0.2, 0.25) is 0 Å². The summed E-state index contributed by atoms with van der Waals surface area (Å²) >= 11 is 1.90. The molecule has 0 unspecified atom stereocenters. The molecule has 0 spiro atoms. The van der Waals surface area contributed by atoms with Crippen molar-refractivity contribution in [3.8, 4) is 0 Å². The van der Waals surface area contributed by atoms with Gasteiger partial charge in [-0.3, -0.25) is 0 Å². The van der Waals surface area contributed by atoms with E-state index in [4.69, 9.17) is 0 Å². The van der Waals surface area contributed by atoms with Crippen molar-refractivity contribution in [2.75, 3.05) is 18.0 Å². The average Bonchev–Trinajstić information content (AvgIpc) is 3.04. The van der Waals surface area contributed by atoms with Crippen molar-refractivity contribution in [2.24, 2.45) is 5.92 Å². The highest BCUT2D eigenvalue weighted by molar-refractivity contribution is 7.19. The number of hydrogen-bond donors (Lipinski definition) is 0. The summed E-state index contributed by atoms with van der Waals surface area (Å²) in [7, 11) is 0. The van der Waals surface area contributed by atoms with Gasteiger partial charge in [0.05, 0.1) is 5.39 Å². The van der Waals surface area contributed by atoms with E-state index in [0.29, 0.717) is 0 Å². The van der Waals surface area contributed by atoms with Gasteiger partial charge >= 0.3 is 0 Å². The Morgan fingerprint density at radius 3 is 2.95 bits per heavy atom. The second-order valence-corrected chi connectivity index (χ2v) is 7.01. The number of anilines is 1. The van der Waals surface area contributed by atoms with Crippen LogP contribution in [0.15, 0.2) is 6.33 Å². The van der Waals surface area contributed by atoms with E-state index < -0.39 is 0 Å². The van der Waals surface area contributed by atoms with E-state index in [2.05, 4.69) is 21.8 Å². The van der Waals surface area contributed by atoms with Gasteiger partial charge in [-0.05, 0) is 43.6 Å². The molecule has 1 atom stereocenters. The van der Waals surface area contributed by atoms with Crippen molar-refractivity contribution in [2.45, 2.75) is 39.0 Å². The second-order valence-electron chi connectivity index (χ2n) is 5.92. The lowest BCUT2D eigenvalue weighted by atomic mass is 9.89. The van der Waals surface area contributed by atoms with Crippen LogP contribution in [0, 0.1) is 5.92 Å². The van der Waals surface area contributed by atoms with Gasteiger partial charge in [0.2, 0.25) is 0 Å². The maximum absolute atomic E-state index is 4.61. The highest BCUT2D eigenvalue weighted by Crippen LogP contribution is 2.40. The summed E-state index contributed by atoms with van der Waals surface area (Å²) in [6, 6.07) is 0. The Morgan fingerprint density at radius 2 is 2.11 bits per heavy atom. The smallest absolute Gasteiger partial charge is 0.141 e. The fourth-order valence-corrected chi connectivity index (χ4v) is 4.77. The molecule has 0 aromatic carbocycles. The second kappa shape index (κ2) is 4.44. The van der Waals surface area contributed by atoms with Crippen LogP contribution in [0.4, 0.5) is 5.82 Å². The molecule has 2 aromatic heterocycles. The first-order chi connectivity index (χ1) is 9.33. The monoisotopic (exact) mass is 273 g/mol. The Kier molecular flexibility index (Phi) is 2.72. The first-order valence-electron chi connectivity index (χ1n) is 7.33. The van der Waals surface area contributed by atoms with Gasteiger partial charge in [-0.25, -0.2) is 9.97 Å². The van der Waals surface area contributed by atoms with Crippen molar-refractivity contribution in [1.82, 2.24) is 9.97 Å². The lowest BCUT2D eigenvalue weighted by molar-refractivity contribution is 0.509. The quantitative estimate of drug-likeness (QED) is 0.797. The Hall–Kier alpha value is -1.16. The van der Waals surface area contributed by atoms with Gasteiger partial charge in [0, 0.05) is 18.0 Å².